The first-order valence-corrected chi connectivity index (χ1v) is 10.4. The highest BCUT2D eigenvalue weighted by Gasteiger charge is 2.34. The van der Waals surface area contributed by atoms with Gasteiger partial charge in [0.05, 0.1) is 6.04 Å². The number of nitrogen functional groups attached to an aromatic ring is 1. The van der Waals surface area contributed by atoms with Crippen LogP contribution in [0.5, 0.6) is 0 Å². The molecular formula is C19H22N6O3S. The van der Waals surface area contributed by atoms with Crippen LogP contribution in [0.4, 0.5) is 5.82 Å². The van der Waals surface area contributed by atoms with Crippen molar-refractivity contribution in [3.8, 4) is 0 Å². The molecule has 9 nitrogen and oxygen atoms in total. The number of hydrogen-bond acceptors (Lipinski definition) is 7. The third-order valence-corrected chi connectivity index (χ3v) is 6.27. The molecule has 152 valence electrons. The monoisotopic (exact) mass is 414 g/mol. The van der Waals surface area contributed by atoms with Gasteiger partial charge in [-0.25, -0.2) is 15.8 Å². The van der Waals surface area contributed by atoms with E-state index in [9.17, 15) is 14.4 Å². The summed E-state index contributed by atoms with van der Waals surface area (Å²) < 4.78 is 0. The zero-order valence-corrected chi connectivity index (χ0v) is 16.9. The predicted molar refractivity (Wildman–Crippen MR) is 107 cm³/mol. The van der Waals surface area contributed by atoms with Gasteiger partial charge < -0.3 is 4.90 Å². The fraction of sp³-hybridized carbons (Fsp3) is 0.421. The molecule has 2 saturated heterocycles. The van der Waals surface area contributed by atoms with Crippen molar-refractivity contribution in [2.45, 2.75) is 38.6 Å². The van der Waals surface area contributed by atoms with Gasteiger partial charge in [-0.1, -0.05) is 0 Å². The van der Waals surface area contributed by atoms with Crippen molar-refractivity contribution in [2.24, 2.45) is 5.84 Å². The Hall–Kier alpha value is -2.85. The summed E-state index contributed by atoms with van der Waals surface area (Å²) in [5.41, 5.74) is 3.33. The third-order valence-electron chi connectivity index (χ3n) is 5.21. The number of nitrogens with two attached hydrogens (primary N) is 1. The lowest BCUT2D eigenvalue weighted by molar-refractivity contribution is -0.117. The number of pyridine rings is 1. The number of amides is 3. The molecule has 0 aromatic carbocycles. The number of nitrogens with zero attached hydrogens (tertiary/aromatic N) is 4. The molecule has 2 aromatic rings. The summed E-state index contributed by atoms with van der Waals surface area (Å²) in [6.45, 7) is 3.03. The Labute approximate surface area is 171 Å². The molecule has 2 aliphatic heterocycles. The molecule has 1 atom stereocenters. The van der Waals surface area contributed by atoms with E-state index in [2.05, 4.69) is 15.4 Å². The highest BCUT2D eigenvalue weighted by Crippen LogP contribution is 2.35. The van der Waals surface area contributed by atoms with E-state index in [1.165, 1.54) is 28.4 Å². The maximum absolute atomic E-state index is 13.3. The first-order valence-electron chi connectivity index (χ1n) is 9.54. The van der Waals surface area contributed by atoms with E-state index in [4.69, 9.17) is 5.84 Å². The quantitative estimate of drug-likeness (QED) is 0.445. The molecule has 3 amide bonds. The lowest BCUT2D eigenvalue weighted by atomic mass is 10.1. The summed E-state index contributed by atoms with van der Waals surface area (Å²) >= 11 is 1.54. The lowest BCUT2D eigenvalue weighted by Crippen LogP contribution is -2.34. The Morgan fingerprint density at radius 2 is 2.07 bits per heavy atom. The van der Waals surface area contributed by atoms with E-state index in [0.717, 1.165) is 23.5 Å². The van der Waals surface area contributed by atoms with Gasteiger partial charge in [-0.2, -0.15) is 0 Å². The summed E-state index contributed by atoms with van der Waals surface area (Å²) in [7, 11) is 0. The Balaban J connectivity index is 1.69. The molecule has 0 aliphatic carbocycles. The number of carbonyl (C=O) groups excluding carboxylic acids is 3. The van der Waals surface area contributed by atoms with Crippen molar-refractivity contribution in [1.82, 2.24) is 20.3 Å². The molecule has 4 heterocycles. The molecule has 2 aliphatic rings. The largest absolute Gasteiger partial charge is 0.328 e. The summed E-state index contributed by atoms with van der Waals surface area (Å²) in [4.78, 5) is 49.9. The van der Waals surface area contributed by atoms with Gasteiger partial charge in [0, 0.05) is 36.1 Å². The van der Waals surface area contributed by atoms with Crippen LogP contribution in [0.25, 0.3) is 0 Å². The Kier molecular flexibility index (Phi) is 5.29. The van der Waals surface area contributed by atoms with E-state index in [1.54, 1.807) is 4.90 Å². The summed E-state index contributed by atoms with van der Waals surface area (Å²) in [6, 6.07) is 2.82. The summed E-state index contributed by atoms with van der Waals surface area (Å²) in [5, 5.41) is 2.87. The van der Waals surface area contributed by atoms with Crippen molar-refractivity contribution in [3.63, 3.8) is 0 Å². The van der Waals surface area contributed by atoms with Crippen molar-refractivity contribution in [1.29, 1.82) is 0 Å². The molecular weight excluding hydrogens is 392 g/mol. The standard InChI is InChI=1S/C19H22N6O3S/c1-11-10-29-18(21-11)14-4-2-6-24(14)19(28)13-8-12(17(27)23-20)9-15(22-13)25-7-3-5-16(25)26/h8-10,14H,2-7,20H2,1H3,(H,23,27)/t14-/m1/s1. The maximum Gasteiger partial charge on any atom is 0.273 e. The van der Waals surface area contributed by atoms with Crippen LogP contribution in [0.2, 0.25) is 0 Å². The number of hydrazine groups is 1. The molecule has 2 aromatic heterocycles. The molecule has 0 saturated carbocycles. The Morgan fingerprint density at radius 1 is 1.24 bits per heavy atom. The lowest BCUT2D eigenvalue weighted by Gasteiger charge is -2.24. The fourth-order valence-corrected chi connectivity index (χ4v) is 4.75. The summed E-state index contributed by atoms with van der Waals surface area (Å²) in [6.07, 6.45) is 2.85. The minimum atomic E-state index is -0.539. The number of rotatable bonds is 4. The van der Waals surface area contributed by atoms with Crippen molar-refractivity contribution < 1.29 is 14.4 Å². The van der Waals surface area contributed by atoms with Gasteiger partial charge in [-0.05, 0) is 38.3 Å². The molecule has 0 bridgehead atoms. The number of thiazole rings is 1. The second kappa shape index (κ2) is 7.88. The van der Waals surface area contributed by atoms with Crippen LogP contribution >= 0.6 is 11.3 Å². The van der Waals surface area contributed by atoms with Crippen LogP contribution in [0, 0.1) is 6.92 Å². The number of aryl methyl sites for hydroxylation is 1. The van der Waals surface area contributed by atoms with Gasteiger partial charge in [0.2, 0.25) is 5.91 Å². The third kappa shape index (κ3) is 3.73. The van der Waals surface area contributed by atoms with Crippen molar-refractivity contribution in [3.05, 3.63) is 39.5 Å². The van der Waals surface area contributed by atoms with Crippen LogP contribution in [0.1, 0.15) is 63.3 Å². The zero-order valence-electron chi connectivity index (χ0n) is 16.1. The van der Waals surface area contributed by atoms with Gasteiger partial charge in [0.1, 0.15) is 16.5 Å². The van der Waals surface area contributed by atoms with Crippen LogP contribution in [0.3, 0.4) is 0 Å². The smallest absolute Gasteiger partial charge is 0.273 e. The Bertz CT molecular complexity index is 975. The van der Waals surface area contributed by atoms with Crippen molar-refractivity contribution in [2.75, 3.05) is 18.0 Å². The molecule has 0 radical (unpaired) electrons. The van der Waals surface area contributed by atoms with Crippen molar-refractivity contribution >= 4 is 34.9 Å². The number of likely N-dealkylation sites (tertiary alicyclic amines) is 1. The zero-order chi connectivity index (χ0) is 20.5. The van der Waals surface area contributed by atoms with Gasteiger partial charge in [-0.3, -0.25) is 24.7 Å². The van der Waals surface area contributed by atoms with E-state index in [1.807, 2.05) is 12.3 Å². The van der Waals surface area contributed by atoms with E-state index < -0.39 is 5.91 Å². The van der Waals surface area contributed by atoms with Gasteiger partial charge in [0.15, 0.2) is 0 Å². The van der Waals surface area contributed by atoms with Gasteiger partial charge >= 0.3 is 0 Å². The normalized spacial score (nSPS) is 19.1. The number of nitrogens with one attached hydrogen (secondary N) is 1. The first-order chi connectivity index (χ1) is 14.0. The van der Waals surface area contributed by atoms with Crippen LogP contribution in [-0.4, -0.2) is 45.7 Å². The number of anilines is 1. The second-order valence-electron chi connectivity index (χ2n) is 7.21. The van der Waals surface area contributed by atoms with E-state index >= 15 is 0 Å². The summed E-state index contributed by atoms with van der Waals surface area (Å²) in [5.74, 6) is 4.70. The number of hydrogen-bond donors (Lipinski definition) is 2. The molecule has 0 spiro atoms. The van der Waals surface area contributed by atoms with Crippen LogP contribution in [0.15, 0.2) is 17.5 Å². The average Bonchev–Trinajstić information content (AvgIpc) is 3.46. The SMILES string of the molecule is Cc1csc([C@H]2CCCN2C(=O)c2cc(C(=O)NN)cc(N3CCCC3=O)n2)n1. The number of carbonyl (C=O) groups is 3. The molecule has 2 fully saturated rings. The average molecular weight is 414 g/mol. The molecule has 0 unspecified atom stereocenters. The van der Waals surface area contributed by atoms with E-state index in [0.29, 0.717) is 31.7 Å². The van der Waals surface area contributed by atoms with Gasteiger partial charge in [-0.15, -0.1) is 11.3 Å². The molecule has 4 rings (SSSR count). The minimum Gasteiger partial charge on any atom is -0.328 e. The molecule has 3 N–H and O–H groups in total. The predicted octanol–water partition coefficient (Wildman–Crippen LogP) is 1.55. The highest BCUT2D eigenvalue weighted by molar-refractivity contribution is 7.09. The van der Waals surface area contributed by atoms with E-state index in [-0.39, 0.29) is 29.1 Å². The maximum atomic E-state index is 13.3. The fourth-order valence-electron chi connectivity index (χ4n) is 3.81. The second-order valence-corrected chi connectivity index (χ2v) is 8.10. The number of aromatic nitrogens is 2. The first kappa shape index (κ1) is 19.5. The van der Waals surface area contributed by atoms with Crippen LogP contribution in [-0.2, 0) is 4.79 Å². The molecule has 10 heteroatoms. The highest BCUT2D eigenvalue weighted by atomic mass is 32.1. The minimum absolute atomic E-state index is 0.0708. The topological polar surface area (TPSA) is 122 Å². The molecule has 29 heavy (non-hydrogen) atoms. The van der Waals surface area contributed by atoms with Gasteiger partial charge in [0.25, 0.3) is 11.8 Å². The Morgan fingerprint density at radius 3 is 2.72 bits per heavy atom. The van der Waals surface area contributed by atoms with Crippen LogP contribution < -0.4 is 16.2 Å².